The maximum absolute atomic E-state index is 12.5. The van der Waals surface area contributed by atoms with Crippen LogP contribution in [0.5, 0.6) is 5.75 Å². The minimum atomic E-state index is -3.50. The number of piperazine rings is 1. The topological polar surface area (TPSA) is 75.7 Å². The molecule has 1 unspecified atom stereocenters. The van der Waals surface area contributed by atoms with E-state index < -0.39 is 15.8 Å². The van der Waals surface area contributed by atoms with Crippen LogP contribution < -0.4 is 10.1 Å². The molecule has 2 rings (SSSR count). The molecule has 0 aliphatic carbocycles. The SMILES string of the molecule is COc1ccc(S(=O)(=O)CC(C)C(=O)N2CCNC[C@H]2C)cc1. The number of ether oxygens (including phenoxy) is 1. The highest BCUT2D eigenvalue weighted by atomic mass is 32.2. The van der Waals surface area contributed by atoms with E-state index in [0.717, 1.165) is 13.1 Å². The molecule has 1 fully saturated rings. The van der Waals surface area contributed by atoms with E-state index in [9.17, 15) is 13.2 Å². The molecule has 2 atom stereocenters. The van der Waals surface area contributed by atoms with Crippen molar-refractivity contribution in [3.63, 3.8) is 0 Å². The lowest BCUT2D eigenvalue weighted by Crippen LogP contribution is -2.54. The molecular formula is C16H24N2O4S. The van der Waals surface area contributed by atoms with Gasteiger partial charge in [0.15, 0.2) is 9.84 Å². The van der Waals surface area contributed by atoms with Gasteiger partial charge in [0, 0.05) is 31.6 Å². The third-order valence-corrected chi connectivity index (χ3v) is 6.02. The molecule has 6 nitrogen and oxygen atoms in total. The quantitative estimate of drug-likeness (QED) is 0.863. The van der Waals surface area contributed by atoms with Gasteiger partial charge in [0.25, 0.3) is 0 Å². The number of carbonyl (C=O) groups excluding carboxylic acids is 1. The van der Waals surface area contributed by atoms with Crippen LogP contribution >= 0.6 is 0 Å². The van der Waals surface area contributed by atoms with Crippen molar-refractivity contribution in [2.24, 2.45) is 5.92 Å². The number of nitrogens with zero attached hydrogens (tertiary/aromatic N) is 1. The summed E-state index contributed by atoms with van der Waals surface area (Å²) in [5, 5.41) is 3.22. The van der Waals surface area contributed by atoms with Gasteiger partial charge < -0.3 is 15.0 Å². The molecule has 0 saturated carbocycles. The predicted octanol–water partition coefficient (Wildman–Crippen LogP) is 0.925. The second kappa shape index (κ2) is 7.31. The second-order valence-corrected chi connectivity index (χ2v) is 7.98. The number of nitrogens with one attached hydrogen (secondary N) is 1. The zero-order valence-corrected chi connectivity index (χ0v) is 14.6. The van der Waals surface area contributed by atoms with Gasteiger partial charge in [-0.3, -0.25) is 4.79 Å². The average molecular weight is 340 g/mol. The fraction of sp³-hybridized carbons (Fsp3) is 0.562. The molecule has 1 aromatic carbocycles. The van der Waals surface area contributed by atoms with Crippen LogP contribution in [0.3, 0.4) is 0 Å². The van der Waals surface area contributed by atoms with Gasteiger partial charge in [0.1, 0.15) is 5.75 Å². The summed E-state index contributed by atoms with van der Waals surface area (Å²) in [5.74, 6) is -0.254. The minimum absolute atomic E-state index is 0.0855. The largest absolute Gasteiger partial charge is 0.497 e. The van der Waals surface area contributed by atoms with Gasteiger partial charge in [-0.25, -0.2) is 8.42 Å². The summed E-state index contributed by atoms with van der Waals surface area (Å²) < 4.78 is 30.0. The number of hydrogen-bond donors (Lipinski definition) is 1. The number of hydrogen-bond acceptors (Lipinski definition) is 5. The van der Waals surface area contributed by atoms with Crippen molar-refractivity contribution in [3.8, 4) is 5.75 Å². The maximum Gasteiger partial charge on any atom is 0.226 e. The Hall–Kier alpha value is -1.60. The van der Waals surface area contributed by atoms with E-state index in [1.54, 1.807) is 24.0 Å². The molecule has 1 aliphatic heterocycles. The van der Waals surface area contributed by atoms with Crippen LogP contribution in [-0.2, 0) is 14.6 Å². The van der Waals surface area contributed by atoms with Crippen molar-refractivity contribution in [2.75, 3.05) is 32.5 Å². The van der Waals surface area contributed by atoms with Gasteiger partial charge in [-0.15, -0.1) is 0 Å². The zero-order chi connectivity index (χ0) is 17.0. The van der Waals surface area contributed by atoms with Gasteiger partial charge in [0.2, 0.25) is 5.91 Å². The smallest absolute Gasteiger partial charge is 0.226 e. The first-order valence-corrected chi connectivity index (χ1v) is 9.38. The minimum Gasteiger partial charge on any atom is -0.497 e. The van der Waals surface area contributed by atoms with Crippen molar-refractivity contribution >= 4 is 15.7 Å². The third-order valence-electron chi connectivity index (χ3n) is 4.09. The van der Waals surface area contributed by atoms with Gasteiger partial charge in [-0.1, -0.05) is 6.92 Å². The normalized spacial score (nSPS) is 20.1. The molecule has 1 N–H and O–H groups in total. The van der Waals surface area contributed by atoms with Gasteiger partial charge >= 0.3 is 0 Å². The van der Waals surface area contributed by atoms with Crippen molar-refractivity contribution in [3.05, 3.63) is 24.3 Å². The molecule has 128 valence electrons. The highest BCUT2D eigenvalue weighted by molar-refractivity contribution is 7.91. The number of methoxy groups -OCH3 is 1. The molecule has 7 heteroatoms. The number of benzene rings is 1. The van der Waals surface area contributed by atoms with Crippen LogP contribution in [0, 0.1) is 5.92 Å². The molecule has 23 heavy (non-hydrogen) atoms. The fourth-order valence-corrected chi connectivity index (χ4v) is 4.28. The van der Waals surface area contributed by atoms with E-state index in [2.05, 4.69) is 5.32 Å². The molecule has 1 saturated heterocycles. The van der Waals surface area contributed by atoms with Crippen LogP contribution in [0.25, 0.3) is 0 Å². The summed E-state index contributed by atoms with van der Waals surface area (Å²) in [6.07, 6.45) is 0. The zero-order valence-electron chi connectivity index (χ0n) is 13.8. The maximum atomic E-state index is 12.5. The lowest BCUT2D eigenvalue weighted by Gasteiger charge is -2.35. The van der Waals surface area contributed by atoms with E-state index in [1.165, 1.54) is 19.2 Å². The molecule has 0 aromatic heterocycles. The molecule has 0 radical (unpaired) electrons. The van der Waals surface area contributed by atoms with Crippen LogP contribution in [0.2, 0.25) is 0 Å². The Balaban J connectivity index is 2.07. The van der Waals surface area contributed by atoms with E-state index >= 15 is 0 Å². The number of carbonyl (C=O) groups is 1. The molecule has 1 aliphatic rings. The fourth-order valence-electron chi connectivity index (χ4n) is 2.73. The first-order chi connectivity index (χ1) is 10.8. The predicted molar refractivity (Wildman–Crippen MR) is 88.3 cm³/mol. The molecule has 1 amide bonds. The van der Waals surface area contributed by atoms with Crippen LogP contribution in [-0.4, -0.2) is 57.8 Å². The summed E-state index contributed by atoms with van der Waals surface area (Å²) in [4.78, 5) is 14.5. The third kappa shape index (κ3) is 4.23. The highest BCUT2D eigenvalue weighted by Crippen LogP contribution is 2.20. The Morgan fingerprint density at radius 3 is 2.61 bits per heavy atom. The summed E-state index contributed by atoms with van der Waals surface area (Å²) in [6, 6.07) is 6.33. The van der Waals surface area contributed by atoms with Gasteiger partial charge in [-0.2, -0.15) is 0 Å². The number of amides is 1. The van der Waals surface area contributed by atoms with Gasteiger partial charge in [0.05, 0.1) is 17.8 Å². The van der Waals surface area contributed by atoms with Crippen molar-refractivity contribution < 1.29 is 17.9 Å². The van der Waals surface area contributed by atoms with Crippen molar-refractivity contribution in [2.45, 2.75) is 24.8 Å². The monoisotopic (exact) mass is 340 g/mol. The number of rotatable bonds is 5. The Bertz CT molecular complexity index is 643. The van der Waals surface area contributed by atoms with Gasteiger partial charge in [-0.05, 0) is 31.2 Å². The Morgan fingerprint density at radius 1 is 1.39 bits per heavy atom. The molecule has 0 spiro atoms. The Labute approximate surface area is 137 Å². The van der Waals surface area contributed by atoms with E-state index in [4.69, 9.17) is 4.74 Å². The summed E-state index contributed by atoms with van der Waals surface area (Å²) in [5.41, 5.74) is 0. The van der Waals surface area contributed by atoms with E-state index in [1.807, 2.05) is 6.92 Å². The second-order valence-electron chi connectivity index (χ2n) is 5.94. The van der Waals surface area contributed by atoms with Crippen molar-refractivity contribution in [1.82, 2.24) is 10.2 Å². The highest BCUT2D eigenvalue weighted by Gasteiger charge is 2.30. The molecular weight excluding hydrogens is 316 g/mol. The average Bonchev–Trinajstić information content (AvgIpc) is 2.54. The molecule has 0 bridgehead atoms. The Morgan fingerprint density at radius 2 is 2.04 bits per heavy atom. The standard InChI is InChI=1S/C16H24N2O4S/c1-12(16(19)18-9-8-17-10-13(18)2)11-23(20,21)15-6-4-14(22-3)5-7-15/h4-7,12-13,17H,8-11H2,1-3H3/t12?,13-/m1/s1. The molecule has 1 heterocycles. The summed E-state index contributed by atoms with van der Waals surface area (Å²) in [6.45, 7) is 5.75. The summed E-state index contributed by atoms with van der Waals surface area (Å²) in [7, 11) is -1.98. The lowest BCUT2D eigenvalue weighted by atomic mass is 10.1. The molecule has 1 aromatic rings. The van der Waals surface area contributed by atoms with Crippen molar-refractivity contribution in [1.29, 1.82) is 0 Å². The first-order valence-electron chi connectivity index (χ1n) is 7.73. The lowest BCUT2D eigenvalue weighted by molar-refractivity contribution is -0.137. The summed E-state index contributed by atoms with van der Waals surface area (Å²) >= 11 is 0. The van der Waals surface area contributed by atoms with E-state index in [-0.39, 0.29) is 22.6 Å². The van der Waals surface area contributed by atoms with Crippen LogP contribution in [0.4, 0.5) is 0 Å². The Kier molecular flexibility index (Phi) is 5.64. The van der Waals surface area contributed by atoms with Crippen LogP contribution in [0.1, 0.15) is 13.8 Å². The number of sulfone groups is 1. The van der Waals surface area contributed by atoms with Crippen LogP contribution in [0.15, 0.2) is 29.2 Å². The first kappa shape index (κ1) is 17.7. The van der Waals surface area contributed by atoms with E-state index in [0.29, 0.717) is 12.3 Å².